The van der Waals surface area contributed by atoms with E-state index in [0.29, 0.717) is 6.42 Å². The highest BCUT2D eigenvalue weighted by Gasteiger charge is 2.37. The first-order valence-corrected chi connectivity index (χ1v) is 27.2. The van der Waals surface area contributed by atoms with Crippen LogP contribution >= 0.6 is 0 Å². The van der Waals surface area contributed by atoms with Gasteiger partial charge in [0.05, 0.1) is 36.3 Å². The van der Waals surface area contributed by atoms with Crippen LogP contribution in [-0.2, 0) is 51.0 Å². The molecule has 2 aromatic rings. The molecule has 6 N–H and O–H groups in total. The minimum absolute atomic E-state index is 0.134. The standard InChI is InChI=1S/C30H42O7.C20H30O6.C12H16O.C2H6/c1-21(10-9-17-29(4,34)18-15-24-11-7-6-8-12-24)28-22(2)13-14-26(36-23(3)31)30(5,35)19-16-25(32)20-27(33)37-28;1-6-7-13(2)19-14(3)8-9-17(25-15(4)21)20(5,24)11-10-16(22)12-18(23)26-19;1-3-12(2,13)10-9-11-7-5-4-6-8-11;1-2/h6-14,17,22,25-26,28,32,34-35H,15-16,18-20H2,1-5H3;6-9,14,16-17,19,22,24H,1,10-12H2,2-5H3;3-8,13H,1,9-10H2,2H3;1-2H3/b14-13+,17-9+,21-10+;9-8+,13-7+;;/t22-,25+,26-,28+,29?,30+;14-,16+,17-,19+,20+;;/m00../s1. The molecule has 0 fully saturated rings. The van der Waals surface area contributed by atoms with Gasteiger partial charge in [-0.05, 0) is 127 Å². The predicted octanol–water partition coefficient (Wildman–Crippen LogP) is 10.2. The first-order chi connectivity index (χ1) is 36.5. The first-order valence-electron chi connectivity index (χ1n) is 27.2. The number of allylic oxidation sites excluding steroid dienone is 4. The normalized spacial score (nSPS) is 28.8. The van der Waals surface area contributed by atoms with Crippen molar-refractivity contribution in [2.24, 2.45) is 11.8 Å². The SMILES string of the molecule is C=C/C=C(\C)[C@H]1OC(=O)C[C@H](O)CC[C@@](C)(O)[C@@H](OC(C)=O)/C=C/[C@@H]1C.C=CC(C)(O)CCc1ccccc1.CC.CC(=O)O[C@H]1/C=C/[C@H](C)[C@@H](/C(C)=C/C=C/C(C)(O)CCc2ccccc2)OC(=O)C[C@H](O)CC[C@@]1(C)O. The number of carbonyl (C=O) groups excluding carboxylic acids is 4. The van der Waals surface area contributed by atoms with Crippen LogP contribution in [0.2, 0.25) is 0 Å². The van der Waals surface area contributed by atoms with Crippen molar-refractivity contribution in [1.82, 2.24) is 0 Å². The van der Waals surface area contributed by atoms with Gasteiger partial charge in [-0.15, -0.1) is 6.58 Å². The van der Waals surface area contributed by atoms with Gasteiger partial charge in [-0.1, -0.05) is 144 Å². The van der Waals surface area contributed by atoms with Gasteiger partial charge < -0.3 is 49.6 Å². The Morgan fingerprint density at radius 1 is 0.654 bits per heavy atom. The fourth-order valence-corrected chi connectivity index (χ4v) is 8.31. The summed E-state index contributed by atoms with van der Waals surface area (Å²) in [6.45, 7) is 27.8. The number of rotatable bonds is 14. The highest BCUT2D eigenvalue weighted by atomic mass is 16.6. The van der Waals surface area contributed by atoms with Crippen LogP contribution < -0.4 is 0 Å². The van der Waals surface area contributed by atoms with Crippen LogP contribution in [0.3, 0.4) is 0 Å². The van der Waals surface area contributed by atoms with E-state index in [2.05, 4.69) is 25.3 Å². The van der Waals surface area contributed by atoms with Gasteiger partial charge in [-0.3, -0.25) is 19.2 Å². The molecule has 0 radical (unpaired) electrons. The molecule has 14 nitrogen and oxygen atoms in total. The number of aryl methyl sites for hydroxylation is 2. The Labute approximate surface area is 466 Å². The number of aliphatic hydroxyl groups is 6. The summed E-state index contributed by atoms with van der Waals surface area (Å²) in [7, 11) is 0. The maximum atomic E-state index is 12.6. The molecule has 12 atom stereocenters. The fraction of sp³-hybridized carbons (Fsp3) is 0.531. The molecule has 2 aliphatic heterocycles. The quantitative estimate of drug-likeness (QED) is 0.0448. The van der Waals surface area contributed by atoms with Crippen LogP contribution in [-0.4, -0.2) is 114 Å². The molecule has 78 heavy (non-hydrogen) atoms. The number of benzene rings is 2. The van der Waals surface area contributed by atoms with E-state index in [4.69, 9.17) is 18.9 Å². The van der Waals surface area contributed by atoms with Crippen LogP contribution in [0.1, 0.15) is 146 Å². The molecule has 0 saturated heterocycles. The van der Waals surface area contributed by atoms with Crippen molar-refractivity contribution in [3.05, 3.63) is 157 Å². The molecule has 434 valence electrons. The van der Waals surface area contributed by atoms with E-state index in [1.165, 1.54) is 19.4 Å². The maximum Gasteiger partial charge on any atom is 0.309 e. The molecule has 0 amide bonds. The number of esters is 4. The van der Waals surface area contributed by atoms with Crippen LogP contribution in [0, 0.1) is 11.8 Å². The zero-order chi connectivity index (χ0) is 59.3. The Bertz CT molecular complexity index is 2290. The Hall–Kier alpha value is -5.74. The van der Waals surface area contributed by atoms with Gasteiger partial charge in [0.25, 0.3) is 0 Å². The highest BCUT2D eigenvalue weighted by molar-refractivity contribution is 5.71. The average Bonchev–Trinajstić information content (AvgIpc) is 3.38. The van der Waals surface area contributed by atoms with Crippen molar-refractivity contribution in [2.45, 2.75) is 206 Å². The molecular formula is C64H94O14. The second-order valence-electron chi connectivity index (χ2n) is 21.2. The Balaban J connectivity index is 0.000000640. The van der Waals surface area contributed by atoms with Gasteiger partial charge in [0, 0.05) is 25.7 Å². The summed E-state index contributed by atoms with van der Waals surface area (Å²) in [5, 5.41) is 62.5. The van der Waals surface area contributed by atoms with E-state index in [1.54, 1.807) is 88.5 Å². The van der Waals surface area contributed by atoms with Crippen LogP contribution in [0.25, 0.3) is 0 Å². The van der Waals surface area contributed by atoms with Crippen LogP contribution in [0.5, 0.6) is 0 Å². The van der Waals surface area contributed by atoms with Crippen molar-refractivity contribution >= 4 is 23.9 Å². The van der Waals surface area contributed by atoms with E-state index in [-0.39, 0.29) is 50.4 Å². The maximum absolute atomic E-state index is 12.6. The minimum Gasteiger partial charge on any atom is -0.457 e. The minimum atomic E-state index is -1.42. The Morgan fingerprint density at radius 2 is 1.03 bits per heavy atom. The van der Waals surface area contributed by atoms with Gasteiger partial charge in [0.15, 0.2) is 0 Å². The molecule has 4 rings (SSSR count). The molecule has 0 aliphatic carbocycles. The molecule has 2 unspecified atom stereocenters. The summed E-state index contributed by atoms with van der Waals surface area (Å²) in [6, 6.07) is 20.1. The Kier molecular flexibility index (Phi) is 31.5. The number of ether oxygens (including phenoxy) is 4. The third-order valence-corrected chi connectivity index (χ3v) is 13.3. The van der Waals surface area contributed by atoms with E-state index in [0.717, 1.165) is 36.0 Å². The summed E-state index contributed by atoms with van der Waals surface area (Å²) in [6.07, 6.45) is 15.2. The molecule has 2 aromatic carbocycles. The molecule has 0 spiro atoms. The van der Waals surface area contributed by atoms with Gasteiger partial charge in [-0.2, -0.15) is 0 Å². The monoisotopic (exact) mass is 1090 g/mol. The summed E-state index contributed by atoms with van der Waals surface area (Å²) < 4.78 is 21.9. The van der Waals surface area contributed by atoms with E-state index in [9.17, 15) is 49.8 Å². The van der Waals surface area contributed by atoms with Crippen molar-refractivity contribution in [3.63, 3.8) is 0 Å². The molecule has 0 aromatic heterocycles. The molecule has 2 aliphatic rings. The second kappa shape index (κ2) is 35.0. The topological polar surface area (TPSA) is 227 Å². The lowest BCUT2D eigenvalue weighted by Gasteiger charge is -2.32. The number of aliphatic hydroxyl groups excluding tert-OH is 2. The van der Waals surface area contributed by atoms with Crippen molar-refractivity contribution in [1.29, 1.82) is 0 Å². The zero-order valence-electron chi connectivity index (χ0n) is 48.6. The van der Waals surface area contributed by atoms with Gasteiger partial charge in [-0.25, -0.2) is 0 Å². The zero-order valence-corrected chi connectivity index (χ0v) is 48.6. The lowest BCUT2D eigenvalue weighted by atomic mass is 9.88. The van der Waals surface area contributed by atoms with Crippen molar-refractivity contribution in [3.8, 4) is 0 Å². The smallest absolute Gasteiger partial charge is 0.309 e. The third kappa shape index (κ3) is 28.2. The van der Waals surface area contributed by atoms with E-state index in [1.807, 2.05) is 90.1 Å². The van der Waals surface area contributed by atoms with Crippen molar-refractivity contribution < 1.29 is 68.8 Å². The molecule has 0 saturated carbocycles. The molecule has 0 bridgehead atoms. The van der Waals surface area contributed by atoms with Crippen LogP contribution in [0.4, 0.5) is 0 Å². The Morgan fingerprint density at radius 3 is 1.38 bits per heavy atom. The fourth-order valence-electron chi connectivity index (χ4n) is 8.31. The first kappa shape index (κ1) is 70.3. The van der Waals surface area contributed by atoms with E-state index >= 15 is 0 Å². The summed E-state index contributed by atoms with van der Waals surface area (Å²) in [4.78, 5) is 47.8. The average molecular weight is 1090 g/mol. The summed E-state index contributed by atoms with van der Waals surface area (Å²) in [5.74, 6) is -2.64. The van der Waals surface area contributed by atoms with Gasteiger partial charge in [0.2, 0.25) is 0 Å². The largest absolute Gasteiger partial charge is 0.457 e. The summed E-state index contributed by atoms with van der Waals surface area (Å²) in [5.41, 5.74) is -0.602. The van der Waals surface area contributed by atoms with Gasteiger partial charge >= 0.3 is 23.9 Å². The predicted molar refractivity (Wildman–Crippen MR) is 308 cm³/mol. The second-order valence-corrected chi connectivity index (χ2v) is 21.2. The molecular weight excluding hydrogens is 993 g/mol. The lowest BCUT2D eigenvalue weighted by molar-refractivity contribution is -0.158. The number of hydrogen-bond donors (Lipinski definition) is 6. The third-order valence-electron chi connectivity index (χ3n) is 13.3. The highest BCUT2D eigenvalue weighted by Crippen LogP contribution is 2.29. The number of cyclic esters (lactones) is 2. The molecule has 14 heteroatoms. The lowest BCUT2D eigenvalue weighted by Crippen LogP contribution is -2.42. The van der Waals surface area contributed by atoms with Crippen molar-refractivity contribution in [2.75, 3.05) is 0 Å². The number of hydrogen-bond acceptors (Lipinski definition) is 14. The van der Waals surface area contributed by atoms with Crippen LogP contribution in [0.15, 0.2) is 146 Å². The van der Waals surface area contributed by atoms with E-state index < -0.39 is 82.9 Å². The van der Waals surface area contributed by atoms with Gasteiger partial charge in [0.1, 0.15) is 35.6 Å². The number of carbonyl (C=O) groups is 4. The molecule has 2 heterocycles. The summed E-state index contributed by atoms with van der Waals surface area (Å²) >= 11 is 0.